The van der Waals surface area contributed by atoms with Gasteiger partial charge in [0.05, 0.1) is 21.8 Å². The van der Waals surface area contributed by atoms with E-state index in [4.69, 9.17) is 4.98 Å². The van der Waals surface area contributed by atoms with Crippen LogP contribution in [0.15, 0.2) is 71.9 Å². The van der Waals surface area contributed by atoms with Gasteiger partial charge in [-0.2, -0.15) is 13.2 Å². The van der Waals surface area contributed by atoms with E-state index in [1.807, 2.05) is 30.3 Å². The van der Waals surface area contributed by atoms with Crippen LogP contribution in [0.1, 0.15) is 21.9 Å². The Morgan fingerprint density at radius 2 is 1.91 bits per heavy atom. The molecule has 5 nitrogen and oxygen atoms in total. The van der Waals surface area contributed by atoms with Crippen molar-refractivity contribution in [3.8, 4) is 10.6 Å². The first kappa shape index (κ1) is 22.1. The van der Waals surface area contributed by atoms with Crippen LogP contribution in [0, 0.1) is 0 Å². The van der Waals surface area contributed by atoms with Gasteiger partial charge in [0.25, 0.3) is 0 Å². The highest BCUT2D eigenvalue weighted by molar-refractivity contribution is 7.98. The van der Waals surface area contributed by atoms with Gasteiger partial charge in [-0.1, -0.05) is 18.2 Å². The molecule has 1 unspecified atom stereocenters. The molecule has 1 atom stereocenters. The third-order valence-corrected chi connectivity index (χ3v) is 8.18. The molecule has 2 aromatic carbocycles. The van der Waals surface area contributed by atoms with Crippen LogP contribution in [0.4, 0.5) is 35.2 Å². The number of anilines is 3. The normalized spacial score (nSPS) is 16.8. The lowest BCUT2D eigenvalue weighted by atomic mass is 9.97. The predicted molar refractivity (Wildman–Crippen MR) is 132 cm³/mol. The minimum atomic E-state index is -4.52. The summed E-state index contributed by atoms with van der Waals surface area (Å²) in [5, 5.41) is 0.704. The maximum Gasteiger partial charge on any atom is 0.417 e. The van der Waals surface area contributed by atoms with E-state index in [1.54, 1.807) is 36.8 Å². The number of thioether (sulfide) groups is 1. The fourth-order valence-electron chi connectivity index (χ4n) is 4.62. The molecule has 10 heteroatoms. The molecule has 4 aromatic rings. The molecule has 6 rings (SSSR count). The summed E-state index contributed by atoms with van der Waals surface area (Å²) in [6.07, 6.45) is 0.496. The van der Waals surface area contributed by atoms with Gasteiger partial charge in [0.15, 0.2) is 5.82 Å². The first-order valence-electron chi connectivity index (χ1n) is 10.7. The van der Waals surface area contributed by atoms with E-state index >= 15 is 0 Å². The fraction of sp³-hybridized carbons (Fsp3) is 0.160. The van der Waals surface area contributed by atoms with E-state index in [0.717, 1.165) is 28.3 Å². The maximum absolute atomic E-state index is 13.9. The second kappa shape index (κ2) is 8.10. The number of urea groups is 1. The monoisotopic (exact) mass is 510 g/mol. The first-order valence-corrected chi connectivity index (χ1v) is 12.8. The third-order valence-electron chi connectivity index (χ3n) is 6.19. The number of pyridine rings is 1. The van der Waals surface area contributed by atoms with E-state index in [1.165, 1.54) is 21.1 Å². The SMILES string of the molecule is CSc1cc2c(cc1C(F)(F)F)N1CC2c2sc(-c3cccnc3)nc2N(c2ccccc2)C1=O. The Hall–Kier alpha value is -3.37. The molecule has 2 amide bonds. The molecule has 0 aliphatic carbocycles. The van der Waals surface area contributed by atoms with Gasteiger partial charge in [-0.25, -0.2) is 14.7 Å². The predicted octanol–water partition coefficient (Wildman–Crippen LogP) is 7.17. The van der Waals surface area contributed by atoms with Gasteiger partial charge >= 0.3 is 12.2 Å². The van der Waals surface area contributed by atoms with E-state index in [9.17, 15) is 18.0 Å². The van der Waals surface area contributed by atoms with Crippen molar-refractivity contribution in [1.29, 1.82) is 0 Å². The molecule has 0 fully saturated rings. The summed E-state index contributed by atoms with van der Waals surface area (Å²) < 4.78 is 41.6. The molecule has 4 heterocycles. The highest BCUT2D eigenvalue weighted by Gasteiger charge is 2.46. The van der Waals surface area contributed by atoms with Crippen molar-refractivity contribution in [3.63, 3.8) is 0 Å². The lowest BCUT2D eigenvalue weighted by Crippen LogP contribution is -2.39. The van der Waals surface area contributed by atoms with Crippen molar-refractivity contribution in [3.05, 3.63) is 83.0 Å². The second-order valence-electron chi connectivity index (χ2n) is 8.17. The van der Waals surface area contributed by atoms with Gasteiger partial charge in [0.1, 0.15) is 5.01 Å². The zero-order chi connectivity index (χ0) is 24.3. The van der Waals surface area contributed by atoms with Crippen molar-refractivity contribution in [1.82, 2.24) is 9.97 Å². The number of alkyl halides is 3. The molecule has 176 valence electrons. The van der Waals surface area contributed by atoms with Crippen LogP contribution in [0.2, 0.25) is 0 Å². The zero-order valence-corrected chi connectivity index (χ0v) is 19.9. The Morgan fingerprint density at radius 3 is 2.60 bits per heavy atom. The number of carbonyl (C=O) groups is 1. The number of aromatic nitrogens is 2. The molecular formula is C25H17F3N4OS2. The van der Waals surface area contributed by atoms with E-state index in [0.29, 0.717) is 27.8 Å². The average molecular weight is 511 g/mol. The van der Waals surface area contributed by atoms with Crippen LogP contribution >= 0.6 is 23.1 Å². The Kier molecular flexibility index (Phi) is 5.12. The number of benzene rings is 2. The smallest absolute Gasteiger partial charge is 0.292 e. The van der Waals surface area contributed by atoms with Gasteiger partial charge in [-0.15, -0.1) is 23.1 Å². The number of nitrogens with zero attached hydrogens (tertiary/aromatic N) is 4. The minimum absolute atomic E-state index is 0.148. The maximum atomic E-state index is 13.9. The number of para-hydroxylation sites is 1. The topological polar surface area (TPSA) is 49.3 Å². The first-order chi connectivity index (χ1) is 16.9. The van der Waals surface area contributed by atoms with Crippen LogP contribution in [-0.4, -0.2) is 28.8 Å². The van der Waals surface area contributed by atoms with Crippen molar-refractivity contribution in [2.45, 2.75) is 17.0 Å². The second-order valence-corrected chi connectivity index (χ2v) is 10.1. The molecule has 0 spiro atoms. The molecule has 2 aliphatic heterocycles. The van der Waals surface area contributed by atoms with Crippen molar-refractivity contribution in [2.75, 3.05) is 22.6 Å². The van der Waals surface area contributed by atoms with Crippen LogP contribution in [0.5, 0.6) is 0 Å². The highest BCUT2D eigenvalue weighted by Crippen LogP contribution is 2.53. The fourth-order valence-corrected chi connectivity index (χ4v) is 6.41. The number of fused-ring (bicyclic) bond motifs is 7. The molecule has 0 N–H and O–H groups in total. The van der Waals surface area contributed by atoms with Gasteiger partial charge in [-0.3, -0.25) is 9.88 Å². The number of halogens is 3. The summed E-state index contributed by atoms with van der Waals surface area (Å²) in [6.45, 7) is 0.258. The quantitative estimate of drug-likeness (QED) is 0.274. The Balaban J connectivity index is 1.60. The molecule has 35 heavy (non-hydrogen) atoms. The van der Waals surface area contributed by atoms with Crippen LogP contribution in [0.3, 0.4) is 0 Å². The van der Waals surface area contributed by atoms with Gasteiger partial charge in [0.2, 0.25) is 0 Å². The number of hydrogen-bond donors (Lipinski definition) is 0. The number of rotatable bonds is 3. The summed E-state index contributed by atoms with van der Waals surface area (Å²) in [5.41, 5.74) is 1.71. The molecule has 0 radical (unpaired) electrons. The standard InChI is InChI=1S/C25H17F3N4OS2/c1-34-20-10-16-17-13-31(19(16)11-18(20)25(26,27)28)24(33)32(15-7-3-2-4-8-15)22-21(17)35-23(30-22)14-6-5-9-29-12-14/h2-12,17H,13H2,1H3. The summed E-state index contributed by atoms with van der Waals surface area (Å²) in [5.74, 6) is 0.225. The molecular weight excluding hydrogens is 493 g/mol. The zero-order valence-electron chi connectivity index (χ0n) is 18.3. The molecule has 0 saturated heterocycles. The lowest BCUT2D eigenvalue weighted by molar-refractivity contribution is -0.139. The van der Waals surface area contributed by atoms with Crippen molar-refractivity contribution in [2.24, 2.45) is 0 Å². The summed E-state index contributed by atoms with van der Waals surface area (Å²) in [7, 11) is 0. The van der Waals surface area contributed by atoms with Gasteiger partial charge in [-0.05, 0) is 48.2 Å². The van der Waals surface area contributed by atoms with Crippen LogP contribution in [-0.2, 0) is 6.18 Å². The van der Waals surface area contributed by atoms with Crippen molar-refractivity contribution >= 4 is 46.3 Å². The highest BCUT2D eigenvalue weighted by atomic mass is 32.2. The van der Waals surface area contributed by atoms with Gasteiger partial charge in [0, 0.05) is 35.3 Å². The summed E-state index contributed by atoms with van der Waals surface area (Å²) in [6, 6.07) is 15.1. The number of hydrogen-bond acceptors (Lipinski definition) is 5. The number of carbonyl (C=O) groups excluding carboxylic acids is 1. The Labute approximate surface area is 207 Å². The van der Waals surface area contributed by atoms with Gasteiger partial charge < -0.3 is 0 Å². The molecule has 2 bridgehead atoms. The Bertz CT molecular complexity index is 1440. The minimum Gasteiger partial charge on any atom is -0.292 e. The molecule has 2 aromatic heterocycles. The largest absolute Gasteiger partial charge is 0.417 e. The third kappa shape index (κ3) is 3.51. The Morgan fingerprint density at radius 1 is 1.11 bits per heavy atom. The van der Waals surface area contributed by atoms with Crippen LogP contribution in [0.25, 0.3) is 10.6 Å². The molecule has 0 saturated carbocycles. The number of amides is 2. The summed E-state index contributed by atoms with van der Waals surface area (Å²) >= 11 is 2.50. The van der Waals surface area contributed by atoms with E-state index in [2.05, 4.69) is 4.98 Å². The average Bonchev–Trinajstić information content (AvgIpc) is 3.42. The van der Waals surface area contributed by atoms with Crippen LogP contribution < -0.4 is 9.80 Å². The molecule has 2 aliphatic rings. The lowest BCUT2D eigenvalue weighted by Gasteiger charge is -2.27. The van der Waals surface area contributed by atoms with E-state index < -0.39 is 17.8 Å². The summed E-state index contributed by atoms with van der Waals surface area (Å²) in [4.78, 5) is 26.9. The van der Waals surface area contributed by atoms with E-state index in [-0.39, 0.29) is 17.4 Å². The number of thiazole rings is 1. The van der Waals surface area contributed by atoms with Crippen molar-refractivity contribution < 1.29 is 18.0 Å².